The predicted octanol–water partition coefficient (Wildman–Crippen LogP) is 3.39. The van der Waals surface area contributed by atoms with E-state index in [9.17, 15) is 4.79 Å². The first kappa shape index (κ1) is 9.36. The normalized spacial score (nSPS) is 9.58. The summed E-state index contributed by atoms with van der Waals surface area (Å²) in [6.45, 7) is 1.84. The lowest BCUT2D eigenvalue weighted by Gasteiger charge is -2.01. The molecule has 1 aromatic carbocycles. The molecule has 1 aromatic rings. The van der Waals surface area contributed by atoms with E-state index in [4.69, 9.17) is 23.2 Å². The van der Waals surface area contributed by atoms with Crippen LogP contribution >= 0.6 is 23.2 Å². The van der Waals surface area contributed by atoms with Crippen molar-refractivity contribution in [2.24, 2.45) is 0 Å². The van der Waals surface area contributed by atoms with Crippen molar-refractivity contribution in [3.05, 3.63) is 28.8 Å². The first-order valence-corrected chi connectivity index (χ1v) is 3.98. The summed E-state index contributed by atoms with van der Waals surface area (Å²) in [5, 5.41) is 0.517. The molecule has 0 aliphatic heterocycles. The molecule has 0 saturated carbocycles. The summed E-state index contributed by atoms with van der Waals surface area (Å²) in [7, 11) is 0. The molecule has 2 nitrogen and oxygen atoms in total. The van der Waals surface area contributed by atoms with E-state index in [0.29, 0.717) is 10.8 Å². The second-order valence-corrected chi connectivity index (χ2v) is 3.05. The fraction of sp³-hybridized carbons (Fsp3) is 0.125. The number of hydrogen-bond donors (Lipinski definition) is 0. The maximum Gasteiger partial charge on any atom is 0.409 e. The fourth-order valence-electron chi connectivity index (χ4n) is 0.854. The average Bonchev–Trinajstić information content (AvgIpc) is 1.81. The highest BCUT2D eigenvalue weighted by molar-refractivity contribution is 6.61. The average molecular weight is 205 g/mol. The molecule has 0 bridgehead atoms. The Bertz CT molecular complexity index is 290. The minimum Gasteiger partial charge on any atom is -0.414 e. The van der Waals surface area contributed by atoms with Crippen molar-refractivity contribution in [3.8, 4) is 5.75 Å². The van der Waals surface area contributed by atoms with Crippen molar-refractivity contribution in [3.63, 3.8) is 0 Å². The van der Waals surface area contributed by atoms with Crippen LogP contribution in [0.3, 0.4) is 0 Å². The van der Waals surface area contributed by atoms with Crippen molar-refractivity contribution in [2.75, 3.05) is 0 Å². The number of carbonyl (C=O) groups excluding carboxylic acids is 1. The van der Waals surface area contributed by atoms with E-state index >= 15 is 0 Å². The number of aryl methyl sites for hydroxylation is 1. The van der Waals surface area contributed by atoms with Crippen LogP contribution in [0.25, 0.3) is 0 Å². The van der Waals surface area contributed by atoms with Gasteiger partial charge in [0.15, 0.2) is 0 Å². The van der Waals surface area contributed by atoms with Gasteiger partial charge >= 0.3 is 5.43 Å². The molecule has 0 radical (unpaired) electrons. The van der Waals surface area contributed by atoms with Gasteiger partial charge in [-0.25, -0.2) is 4.79 Å². The zero-order valence-electron chi connectivity index (χ0n) is 6.30. The third-order valence-corrected chi connectivity index (χ3v) is 1.51. The Morgan fingerprint density at radius 1 is 1.42 bits per heavy atom. The Labute approximate surface area is 80.0 Å². The van der Waals surface area contributed by atoms with Gasteiger partial charge in [0, 0.05) is 16.6 Å². The molecule has 0 N–H and O–H groups in total. The minimum atomic E-state index is -0.864. The SMILES string of the molecule is Cc1cc(Cl)cc(OC(=O)Cl)c1. The molecule has 0 aliphatic carbocycles. The van der Waals surface area contributed by atoms with Crippen molar-refractivity contribution in [1.29, 1.82) is 0 Å². The predicted molar refractivity (Wildman–Crippen MR) is 48.1 cm³/mol. The van der Waals surface area contributed by atoms with E-state index in [-0.39, 0.29) is 0 Å². The van der Waals surface area contributed by atoms with Crippen LogP contribution in [0, 0.1) is 6.92 Å². The van der Waals surface area contributed by atoms with Gasteiger partial charge in [0.2, 0.25) is 0 Å². The molecule has 4 heteroatoms. The van der Waals surface area contributed by atoms with Crippen molar-refractivity contribution in [1.82, 2.24) is 0 Å². The summed E-state index contributed by atoms with van der Waals surface area (Å²) >= 11 is 10.7. The van der Waals surface area contributed by atoms with Crippen molar-refractivity contribution in [2.45, 2.75) is 6.92 Å². The van der Waals surface area contributed by atoms with Crippen LogP contribution in [0.4, 0.5) is 4.79 Å². The van der Waals surface area contributed by atoms with Crippen LogP contribution in [-0.2, 0) is 0 Å². The largest absolute Gasteiger partial charge is 0.414 e. The van der Waals surface area contributed by atoms with E-state index in [0.717, 1.165) is 5.56 Å². The zero-order chi connectivity index (χ0) is 9.14. The number of benzene rings is 1. The zero-order valence-corrected chi connectivity index (χ0v) is 7.82. The van der Waals surface area contributed by atoms with Gasteiger partial charge < -0.3 is 4.74 Å². The van der Waals surface area contributed by atoms with E-state index in [1.54, 1.807) is 12.1 Å². The van der Waals surface area contributed by atoms with Crippen LogP contribution in [-0.4, -0.2) is 5.43 Å². The highest BCUT2D eigenvalue weighted by Gasteiger charge is 2.01. The number of rotatable bonds is 1. The minimum absolute atomic E-state index is 0.361. The monoisotopic (exact) mass is 204 g/mol. The van der Waals surface area contributed by atoms with Gasteiger partial charge in [-0.3, -0.25) is 0 Å². The van der Waals surface area contributed by atoms with Gasteiger partial charge in [-0.1, -0.05) is 11.6 Å². The summed E-state index contributed by atoms with van der Waals surface area (Å²) in [5.41, 5.74) is 0.0482. The standard InChI is InChI=1S/C8H6Cl2O2/c1-5-2-6(9)4-7(3-5)12-8(10)11/h2-4H,1H3. The molecule has 0 saturated heterocycles. The van der Waals surface area contributed by atoms with Crippen LogP contribution < -0.4 is 4.74 Å². The summed E-state index contributed by atoms with van der Waals surface area (Å²) in [6, 6.07) is 4.95. The van der Waals surface area contributed by atoms with Crippen molar-refractivity contribution >= 4 is 28.6 Å². The molecule has 0 heterocycles. The Balaban J connectivity index is 2.93. The van der Waals surface area contributed by atoms with E-state index < -0.39 is 5.43 Å². The Morgan fingerprint density at radius 2 is 2.08 bits per heavy atom. The number of ether oxygens (including phenoxy) is 1. The fourth-order valence-corrected chi connectivity index (χ4v) is 1.22. The molecule has 12 heavy (non-hydrogen) atoms. The van der Waals surface area contributed by atoms with E-state index in [1.165, 1.54) is 6.07 Å². The number of carbonyl (C=O) groups is 1. The van der Waals surface area contributed by atoms with Gasteiger partial charge in [-0.05, 0) is 30.7 Å². The number of hydrogen-bond acceptors (Lipinski definition) is 2. The Hall–Kier alpha value is -0.730. The second-order valence-electron chi connectivity index (χ2n) is 2.30. The molecule has 1 rings (SSSR count). The first-order valence-electron chi connectivity index (χ1n) is 3.22. The molecule has 0 aromatic heterocycles. The van der Waals surface area contributed by atoms with Gasteiger partial charge in [0.25, 0.3) is 0 Å². The molecule has 64 valence electrons. The molecule has 0 atom stereocenters. The summed E-state index contributed by atoms with van der Waals surface area (Å²) in [6.07, 6.45) is 0. The highest BCUT2D eigenvalue weighted by atomic mass is 35.5. The van der Waals surface area contributed by atoms with Gasteiger partial charge in [-0.2, -0.15) is 0 Å². The van der Waals surface area contributed by atoms with Crippen molar-refractivity contribution < 1.29 is 9.53 Å². The maximum absolute atomic E-state index is 10.3. The summed E-state index contributed by atoms with van der Waals surface area (Å²) in [5.74, 6) is 0.361. The van der Waals surface area contributed by atoms with Gasteiger partial charge in [-0.15, -0.1) is 0 Å². The van der Waals surface area contributed by atoms with E-state index in [2.05, 4.69) is 4.74 Å². The number of halogens is 2. The van der Waals surface area contributed by atoms with Crippen LogP contribution in [0.1, 0.15) is 5.56 Å². The molecule has 0 spiro atoms. The first-order chi connectivity index (χ1) is 5.58. The molecular formula is C8H6Cl2O2. The topological polar surface area (TPSA) is 26.3 Å². The van der Waals surface area contributed by atoms with Crippen LogP contribution in [0.15, 0.2) is 18.2 Å². The highest BCUT2D eigenvalue weighted by Crippen LogP contribution is 2.20. The smallest absolute Gasteiger partial charge is 0.409 e. The lowest BCUT2D eigenvalue weighted by Crippen LogP contribution is -1.95. The van der Waals surface area contributed by atoms with E-state index in [1.807, 2.05) is 6.92 Å². The van der Waals surface area contributed by atoms with Crippen LogP contribution in [0.5, 0.6) is 5.75 Å². The molecular weight excluding hydrogens is 199 g/mol. The quantitative estimate of drug-likeness (QED) is 0.656. The second kappa shape index (κ2) is 3.78. The Morgan fingerprint density at radius 3 is 2.58 bits per heavy atom. The summed E-state index contributed by atoms with van der Waals surface area (Å²) < 4.78 is 4.62. The Kier molecular flexibility index (Phi) is 2.95. The molecule has 0 fully saturated rings. The van der Waals surface area contributed by atoms with Gasteiger partial charge in [0.05, 0.1) is 0 Å². The third-order valence-electron chi connectivity index (χ3n) is 1.21. The lowest BCUT2D eigenvalue weighted by molar-refractivity contribution is 0.225. The molecule has 0 aliphatic rings. The van der Waals surface area contributed by atoms with Crippen LogP contribution in [0.2, 0.25) is 5.02 Å². The maximum atomic E-state index is 10.3. The molecule has 0 amide bonds. The molecule has 0 unspecified atom stereocenters. The van der Waals surface area contributed by atoms with Gasteiger partial charge in [0.1, 0.15) is 5.75 Å². The summed E-state index contributed by atoms with van der Waals surface area (Å²) in [4.78, 5) is 10.3. The lowest BCUT2D eigenvalue weighted by atomic mass is 10.2. The third kappa shape index (κ3) is 2.72.